The van der Waals surface area contributed by atoms with Gasteiger partial charge in [-0.1, -0.05) is 30.3 Å². The van der Waals surface area contributed by atoms with Crippen molar-refractivity contribution in [2.45, 2.75) is 26.3 Å². The van der Waals surface area contributed by atoms with E-state index in [0.717, 1.165) is 16.1 Å². The minimum absolute atomic E-state index is 0. The molecule has 1 unspecified atom stereocenters. The molecule has 3 N–H and O–H groups in total. The normalized spacial score (nSPS) is 13.2. The van der Waals surface area contributed by atoms with Crippen LogP contribution in [0.3, 0.4) is 0 Å². The van der Waals surface area contributed by atoms with Crippen LogP contribution in [-0.4, -0.2) is 10.9 Å². The van der Waals surface area contributed by atoms with Crippen molar-refractivity contribution >= 4 is 34.8 Å². The number of rotatable bonds is 3. The second-order valence-electron chi connectivity index (χ2n) is 4.68. The van der Waals surface area contributed by atoms with Crippen molar-refractivity contribution in [2.75, 3.05) is 5.32 Å². The molecule has 1 heterocycles. The van der Waals surface area contributed by atoms with E-state index in [0.29, 0.717) is 5.13 Å². The van der Waals surface area contributed by atoms with Crippen molar-refractivity contribution in [3.8, 4) is 0 Å². The number of nitrogens with two attached hydrogens (primary N) is 1. The molecule has 108 valence electrons. The van der Waals surface area contributed by atoms with Gasteiger partial charge in [0.05, 0.1) is 5.69 Å². The lowest BCUT2D eigenvalue weighted by Crippen LogP contribution is -2.45. The Morgan fingerprint density at radius 1 is 1.30 bits per heavy atom. The highest BCUT2D eigenvalue weighted by Crippen LogP contribution is 2.24. The van der Waals surface area contributed by atoms with Crippen LogP contribution in [0, 0.1) is 13.8 Å². The Labute approximate surface area is 128 Å². The summed E-state index contributed by atoms with van der Waals surface area (Å²) in [4.78, 5) is 17.7. The van der Waals surface area contributed by atoms with E-state index in [-0.39, 0.29) is 18.3 Å². The molecule has 0 spiro atoms. The summed E-state index contributed by atoms with van der Waals surface area (Å²) in [7, 11) is 0. The average molecular weight is 312 g/mol. The molecule has 4 nitrogen and oxygen atoms in total. The Bertz CT molecular complexity index is 576. The summed E-state index contributed by atoms with van der Waals surface area (Å²) in [5.74, 6) is -0.257. The summed E-state index contributed by atoms with van der Waals surface area (Å²) in [6, 6.07) is 9.32. The molecule has 0 saturated carbocycles. The van der Waals surface area contributed by atoms with E-state index in [1.165, 1.54) is 11.3 Å². The summed E-state index contributed by atoms with van der Waals surface area (Å²) < 4.78 is 0. The van der Waals surface area contributed by atoms with E-state index in [9.17, 15) is 4.79 Å². The minimum atomic E-state index is -1.07. The Morgan fingerprint density at radius 2 is 1.90 bits per heavy atom. The number of nitrogens with one attached hydrogen (secondary N) is 1. The number of nitrogens with zero attached hydrogens (tertiary/aromatic N) is 1. The molecule has 0 aliphatic carbocycles. The van der Waals surface area contributed by atoms with E-state index < -0.39 is 5.54 Å². The van der Waals surface area contributed by atoms with Crippen LogP contribution < -0.4 is 11.1 Å². The molecule has 1 aromatic carbocycles. The maximum atomic E-state index is 12.3. The Balaban J connectivity index is 0.00000200. The van der Waals surface area contributed by atoms with Crippen LogP contribution in [-0.2, 0) is 10.3 Å². The predicted octanol–water partition coefficient (Wildman–Crippen LogP) is 2.99. The zero-order valence-electron chi connectivity index (χ0n) is 11.6. The third kappa shape index (κ3) is 3.36. The minimum Gasteiger partial charge on any atom is -0.314 e. The lowest BCUT2D eigenvalue weighted by atomic mass is 9.92. The first kappa shape index (κ1) is 16.6. The maximum absolute atomic E-state index is 12.3. The lowest BCUT2D eigenvalue weighted by Gasteiger charge is -2.23. The molecule has 0 aliphatic heterocycles. The molecular weight excluding hydrogens is 294 g/mol. The van der Waals surface area contributed by atoms with E-state index in [1.54, 1.807) is 6.92 Å². The molecule has 2 aromatic rings. The van der Waals surface area contributed by atoms with Gasteiger partial charge in [-0.2, -0.15) is 0 Å². The summed E-state index contributed by atoms with van der Waals surface area (Å²) in [5.41, 5.74) is 6.77. The summed E-state index contributed by atoms with van der Waals surface area (Å²) in [6.45, 7) is 5.59. The van der Waals surface area contributed by atoms with Gasteiger partial charge in [-0.05, 0) is 26.3 Å². The first-order valence-electron chi connectivity index (χ1n) is 6.01. The van der Waals surface area contributed by atoms with Crippen LogP contribution in [0.15, 0.2) is 30.3 Å². The van der Waals surface area contributed by atoms with Crippen molar-refractivity contribution in [3.63, 3.8) is 0 Å². The molecule has 0 radical (unpaired) electrons. The van der Waals surface area contributed by atoms with Crippen molar-refractivity contribution in [1.82, 2.24) is 4.98 Å². The molecule has 0 fully saturated rings. The molecule has 0 aliphatic rings. The first-order valence-corrected chi connectivity index (χ1v) is 6.83. The van der Waals surface area contributed by atoms with Gasteiger partial charge in [0.15, 0.2) is 5.13 Å². The van der Waals surface area contributed by atoms with Gasteiger partial charge in [0.1, 0.15) is 5.54 Å². The van der Waals surface area contributed by atoms with E-state index >= 15 is 0 Å². The molecule has 1 aromatic heterocycles. The van der Waals surface area contributed by atoms with Gasteiger partial charge in [0.2, 0.25) is 0 Å². The first-order chi connectivity index (χ1) is 8.91. The molecule has 0 bridgehead atoms. The number of anilines is 1. The number of carbonyl (C=O) groups excluding carboxylic acids is 1. The maximum Gasteiger partial charge on any atom is 0.250 e. The largest absolute Gasteiger partial charge is 0.314 e. The number of benzene rings is 1. The number of aromatic nitrogens is 1. The van der Waals surface area contributed by atoms with E-state index in [2.05, 4.69) is 10.3 Å². The molecule has 0 saturated heterocycles. The summed E-state index contributed by atoms with van der Waals surface area (Å²) in [5, 5.41) is 3.38. The van der Waals surface area contributed by atoms with Gasteiger partial charge in [0, 0.05) is 4.88 Å². The monoisotopic (exact) mass is 311 g/mol. The third-order valence-electron chi connectivity index (χ3n) is 3.09. The van der Waals surface area contributed by atoms with Crippen molar-refractivity contribution in [3.05, 3.63) is 46.5 Å². The van der Waals surface area contributed by atoms with Gasteiger partial charge >= 0.3 is 0 Å². The number of hydrogen-bond donors (Lipinski definition) is 2. The highest BCUT2D eigenvalue weighted by atomic mass is 35.5. The zero-order chi connectivity index (χ0) is 14.0. The highest BCUT2D eigenvalue weighted by Gasteiger charge is 2.31. The molecule has 6 heteroatoms. The predicted molar refractivity (Wildman–Crippen MR) is 85.4 cm³/mol. The van der Waals surface area contributed by atoms with Crippen LogP contribution in [0.4, 0.5) is 5.13 Å². The van der Waals surface area contributed by atoms with E-state index in [4.69, 9.17) is 5.73 Å². The smallest absolute Gasteiger partial charge is 0.250 e. The average Bonchev–Trinajstić information content (AvgIpc) is 2.69. The number of aryl methyl sites for hydroxylation is 2. The molecule has 1 amide bonds. The van der Waals surface area contributed by atoms with Gasteiger partial charge in [-0.15, -0.1) is 23.7 Å². The zero-order valence-corrected chi connectivity index (χ0v) is 13.3. The Hall–Kier alpha value is -1.43. The quantitative estimate of drug-likeness (QED) is 0.915. The topological polar surface area (TPSA) is 68.0 Å². The van der Waals surface area contributed by atoms with Crippen molar-refractivity contribution in [2.24, 2.45) is 5.73 Å². The van der Waals surface area contributed by atoms with Crippen molar-refractivity contribution in [1.29, 1.82) is 0 Å². The lowest BCUT2D eigenvalue weighted by molar-refractivity contribution is -0.120. The second kappa shape index (κ2) is 6.35. The van der Waals surface area contributed by atoms with Gasteiger partial charge < -0.3 is 11.1 Å². The summed E-state index contributed by atoms with van der Waals surface area (Å²) >= 11 is 1.46. The second-order valence-corrected chi connectivity index (χ2v) is 5.89. The van der Waals surface area contributed by atoms with E-state index in [1.807, 2.05) is 44.2 Å². The Kier molecular flexibility index (Phi) is 5.28. The van der Waals surface area contributed by atoms with Crippen molar-refractivity contribution < 1.29 is 4.79 Å². The van der Waals surface area contributed by atoms with Crippen LogP contribution >= 0.6 is 23.7 Å². The number of amides is 1. The fourth-order valence-electron chi connectivity index (χ4n) is 1.67. The standard InChI is InChI=1S/C14H17N3OS.ClH/c1-9-10(2)19-13(16-9)17-12(18)14(3,15)11-7-5-4-6-8-11;/h4-8H,15H2,1-3H3,(H,16,17,18);1H. The molecular formula is C14H18ClN3OS. The number of carbonyl (C=O) groups is 1. The van der Waals surface area contributed by atoms with Gasteiger partial charge in [-0.3, -0.25) is 4.79 Å². The summed E-state index contributed by atoms with van der Waals surface area (Å²) in [6.07, 6.45) is 0. The number of thiazole rings is 1. The Morgan fingerprint density at radius 3 is 2.40 bits per heavy atom. The highest BCUT2D eigenvalue weighted by molar-refractivity contribution is 7.15. The fourth-order valence-corrected chi connectivity index (χ4v) is 2.48. The SMILES string of the molecule is Cc1nc(NC(=O)C(C)(N)c2ccccc2)sc1C.Cl. The van der Waals surface area contributed by atoms with Crippen LogP contribution in [0.5, 0.6) is 0 Å². The molecule has 1 atom stereocenters. The van der Waals surface area contributed by atoms with Crippen LogP contribution in [0.2, 0.25) is 0 Å². The fraction of sp³-hybridized carbons (Fsp3) is 0.286. The number of hydrogen-bond acceptors (Lipinski definition) is 4. The van der Waals surface area contributed by atoms with Crippen LogP contribution in [0.1, 0.15) is 23.1 Å². The van der Waals surface area contributed by atoms with Crippen LogP contribution in [0.25, 0.3) is 0 Å². The number of halogens is 1. The molecule has 20 heavy (non-hydrogen) atoms. The van der Waals surface area contributed by atoms with Gasteiger partial charge in [0.25, 0.3) is 5.91 Å². The van der Waals surface area contributed by atoms with Gasteiger partial charge in [-0.25, -0.2) is 4.98 Å². The molecule has 2 rings (SSSR count). The third-order valence-corrected chi connectivity index (χ3v) is 4.08.